The van der Waals surface area contributed by atoms with Crippen molar-refractivity contribution in [1.82, 2.24) is 14.8 Å². The van der Waals surface area contributed by atoms with Gasteiger partial charge in [-0.1, -0.05) is 11.8 Å². The van der Waals surface area contributed by atoms with Crippen LogP contribution in [0.15, 0.2) is 47.6 Å². The van der Waals surface area contributed by atoms with E-state index in [1.165, 1.54) is 17.8 Å². The second-order valence-electron chi connectivity index (χ2n) is 8.43. The van der Waals surface area contributed by atoms with Crippen LogP contribution in [0.5, 0.6) is 5.75 Å². The van der Waals surface area contributed by atoms with Crippen molar-refractivity contribution < 1.29 is 19.2 Å². The molecule has 0 bridgehead atoms. The summed E-state index contributed by atoms with van der Waals surface area (Å²) >= 11 is 1.34. The molecule has 0 saturated carbocycles. The third-order valence-corrected chi connectivity index (χ3v) is 7.22. The predicted octanol–water partition coefficient (Wildman–Crippen LogP) is 3.72. The van der Waals surface area contributed by atoms with Crippen LogP contribution < -0.4 is 9.64 Å². The number of carbonyl (C=O) groups excluding carboxylic acids is 1. The molecule has 2 aliphatic rings. The van der Waals surface area contributed by atoms with Gasteiger partial charge in [0.25, 0.3) is 5.69 Å². The normalized spacial score (nSPS) is 16.9. The van der Waals surface area contributed by atoms with Crippen molar-refractivity contribution in [2.24, 2.45) is 0 Å². The maximum absolute atomic E-state index is 13.1. The molecule has 1 unspecified atom stereocenters. The number of non-ortho nitro benzene ring substituents is 1. The highest BCUT2D eigenvalue weighted by Gasteiger charge is 2.28. The van der Waals surface area contributed by atoms with Gasteiger partial charge < -0.3 is 14.4 Å². The van der Waals surface area contributed by atoms with Crippen molar-refractivity contribution >= 4 is 29.0 Å². The van der Waals surface area contributed by atoms with E-state index in [2.05, 4.69) is 10.2 Å². The molecule has 1 fully saturated rings. The van der Waals surface area contributed by atoms with Crippen LogP contribution in [0.4, 0.5) is 11.4 Å². The molecule has 1 saturated heterocycles. The number of nitro benzene ring substituents is 1. The van der Waals surface area contributed by atoms with Gasteiger partial charge in [-0.05, 0) is 55.2 Å². The van der Waals surface area contributed by atoms with Crippen molar-refractivity contribution in [1.29, 1.82) is 0 Å². The fourth-order valence-electron chi connectivity index (χ4n) is 4.47. The number of ether oxygens (including phenoxy) is 2. The molecule has 3 heterocycles. The van der Waals surface area contributed by atoms with Crippen LogP contribution in [-0.2, 0) is 22.5 Å². The zero-order valence-corrected chi connectivity index (χ0v) is 20.1. The molecule has 10 nitrogen and oxygen atoms in total. The average molecular weight is 496 g/mol. The Balaban J connectivity index is 1.34. The largest absolute Gasteiger partial charge is 0.497 e. The van der Waals surface area contributed by atoms with Gasteiger partial charge >= 0.3 is 0 Å². The number of thioether (sulfide) groups is 1. The van der Waals surface area contributed by atoms with Gasteiger partial charge in [0.2, 0.25) is 5.91 Å². The predicted molar refractivity (Wildman–Crippen MR) is 131 cm³/mol. The number of amides is 1. The minimum Gasteiger partial charge on any atom is -0.497 e. The zero-order valence-electron chi connectivity index (χ0n) is 19.3. The minimum absolute atomic E-state index is 0.0423. The van der Waals surface area contributed by atoms with E-state index in [9.17, 15) is 14.9 Å². The van der Waals surface area contributed by atoms with Crippen LogP contribution in [-0.4, -0.2) is 57.7 Å². The monoisotopic (exact) mass is 495 g/mol. The number of hydrogen-bond acceptors (Lipinski definition) is 8. The van der Waals surface area contributed by atoms with Gasteiger partial charge in [-0.3, -0.25) is 19.5 Å². The average Bonchev–Trinajstić information content (AvgIpc) is 3.63. The van der Waals surface area contributed by atoms with Gasteiger partial charge in [-0.25, -0.2) is 0 Å². The summed E-state index contributed by atoms with van der Waals surface area (Å²) in [6, 6.07) is 12.3. The third-order valence-electron chi connectivity index (χ3n) is 6.27. The second kappa shape index (κ2) is 10.0. The van der Waals surface area contributed by atoms with Gasteiger partial charge in [0.05, 0.1) is 30.4 Å². The number of rotatable bonds is 8. The Morgan fingerprint density at radius 1 is 1.26 bits per heavy atom. The van der Waals surface area contributed by atoms with E-state index in [1.807, 2.05) is 28.8 Å². The van der Waals surface area contributed by atoms with Crippen LogP contribution in [0.3, 0.4) is 0 Å². The number of carbonyl (C=O) groups is 1. The molecule has 0 spiro atoms. The van der Waals surface area contributed by atoms with E-state index in [1.54, 1.807) is 24.1 Å². The lowest BCUT2D eigenvalue weighted by molar-refractivity contribution is -0.384. The molecule has 5 rings (SSSR count). The van der Waals surface area contributed by atoms with Crippen molar-refractivity contribution in [2.45, 2.75) is 37.1 Å². The lowest BCUT2D eigenvalue weighted by Crippen LogP contribution is -2.30. The van der Waals surface area contributed by atoms with Crippen molar-refractivity contribution in [3.05, 3.63) is 58.1 Å². The molecule has 0 radical (unpaired) electrons. The Labute approximate surface area is 206 Å². The summed E-state index contributed by atoms with van der Waals surface area (Å²) in [4.78, 5) is 25.4. The fraction of sp³-hybridized carbons (Fsp3) is 0.375. The summed E-state index contributed by atoms with van der Waals surface area (Å²) in [6.45, 7) is 1.87. The van der Waals surface area contributed by atoms with Crippen LogP contribution in [0.1, 0.15) is 18.4 Å². The Kier molecular flexibility index (Phi) is 6.69. The summed E-state index contributed by atoms with van der Waals surface area (Å²) in [5.41, 5.74) is 2.51. The SMILES string of the molecule is COc1ccc(-c2nnc(SCC(=O)N3CCc4cc([N+](=O)[O-])ccc43)n2CC2CCCO2)cc1. The van der Waals surface area contributed by atoms with Gasteiger partial charge in [0.1, 0.15) is 5.75 Å². The van der Waals surface area contributed by atoms with E-state index in [0.29, 0.717) is 24.7 Å². The molecular weight excluding hydrogens is 470 g/mol. The third kappa shape index (κ3) is 4.87. The molecule has 1 atom stereocenters. The van der Waals surface area contributed by atoms with Crippen LogP contribution in [0.25, 0.3) is 11.4 Å². The summed E-state index contributed by atoms with van der Waals surface area (Å²) in [5.74, 6) is 1.59. The second-order valence-corrected chi connectivity index (χ2v) is 9.38. The summed E-state index contributed by atoms with van der Waals surface area (Å²) in [7, 11) is 1.63. The highest BCUT2D eigenvalue weighted by Crippen LogP contribution is 2.33. The number of benzene rings is 2. The van der Waals surface area contributed by atoms with Gasteiger partial charge in [-0.15, -0.1) is 10.2 Å². The number of methoxy groups -OCH3 is 1. The first-order chi connectivity index (χ1) is 17.0. The number of nitro groups is 1. The lowest BCUT2D eigenvalue weighted by atomic mass is 10.1. The standard InChI is InChI=1S/C24H25N5O5S/c1-33-19-7-4-16(5-8-19)23-25-26-24(28(23)14-20-3-2-12-34-20)35-15-22(30)27-11-10-17-13-18(29(31)32)6-9-21(17)27/h4-9,13,20H,2-3,10-12,14-15H2,1H3. The molecule has 1 aromatic heterocycles. The number of anilines is 1. The summed E-state index contributed by atoms with van der Waals surface area (Å²) in [6.07, 6.45) is 2.68. The van der Waals surface area contributed by atoms with E-state index in [4.69, 9.17) is 9.47 Å². The molecule has 3 aromatic rings. The highest BCUT2D eigenvalue weighted by atomic mass is 32.2. The molecule has 0 aliphatic carbocycles. The smallest absolute Gasteiger partial charge is 0.269 e. The maximum Gasteiger partial charge on any atom is 0.269 e. The molecule has 0 N–H and O–H groups in total. The topological polar surface area (TPSA) is 113 Å². The lowest BCUT2D eigenvalue weighted by Gasteiger charge is -2.18. The number of nitrogens with zero attached hydrogens (tertiary/aromatic N) is 5. The molecule has 182 valence electrons. The minimum atomic E-state index is -0.415. The first-order valence-corrected chi connectivity index (χ1v) is 12.4. The molecule has 1 amide bonds. The first kappa shape index (κ1) is 23.3. The number of hydrogen-bond donors (Lipinski definition) is 0. The number of fused-ring (bicyclic) bond motifs is 1. The van der Waals surface area contributed by atoms with Gasteiger partial charge in [0.15, 0.2) is 11.0 Å². The fourth-order valence-corrected chi connectivity index (χ4v) is 5.29. The highest BCUT2D eigenvalue weighted by molar-refractivity contribution is 7.99. The molecule has 35 heavy (non-hydrogen) atoms. The van der Waals surface area contributed by atoms with E-state index >= 15 is 0 Å². The zero-order chi connectivity index (χ0) is 24.4. The first-order valence-electron chi connectivity index (χ1n) is 11.4. The van der Waals surface area contributed by atoms with Gasteiger partial charge in [0, 0.05) is 36.5 Å². The van der Waals surface area contributed by atoms with E-state index in [-0.39, 0.29) is 23.5 Å². The summed E-state index contributed by atoms with van der Waals surface area (Å²) < 4.78 is 13.1. The van der Waals surface area contributed by atoms with Crippen molar-refractivity contribution in [2.75, 3.05) is 30.9 Å². The van der Waals surface area contributed by atoms with Crippen LogP contribution in [0, 0.1) is 10.1 Å². The van der Waals surface area contributed by atoms with Crippen LogP contribution >= 0.6 is 11.8 Å². The molecule has 2 aliphatic heterocycles. The van der Waals surface area contributed by atoms with E-state index in [0.717, 1.165) is 47.8 Å². The molecule has 2 aromatic carbocycles. The number of aromatic nitrogens is 3. The molecule has 11 heteroatoms. The quantitative estimate of drug-likeness (QED) is 0.264. The Bertz CT molecular complexity index is 1240. The van der Waals surface area contributed by atoms with Crippen molar-refractivity contribution in [3.8, 4) is 17.1 Å². The Morgan fingerprint density at radius 2 is 2.09 bits per heavy atom. The summed E-state index contributed by atoms with van der Waals surface area (Å²) in [5, 5.41) is 20.5. The Morgan fingerprint density at radius 3 is 2.80 bits per heavy atom. The van der Waals surface area contributed by atoms with Gasteiger partial charge in [-0.2, -0.15) is 0 Å². The Hall–Kier alpha value is -3.44. The van der Waals surface area contributed by atoms with E-state index < -0.39 is 4.92 Å². The molecular formula is C24H25N5O5S. The van der Waals surface area contributed by atoms with Crippen molar-refractivity contribution in [3.63, 3.8) is 0 Å². The maximum atomic E-state index is 13.1. The van der Waals surface area contributed by atoms with Crippen LogP contribution in [0.2, 0.25) is 0 Å².